The zero-order valence-corrected chi connectivity index (χ0v) is 20.3. The number of carboxylic acids is 1. The van der Waals surface area contributed by atoms with E-state index < -0.39 is 11.9 Å². The van der Waals surface area contributed by atoms with Gasteiger partial charge in [-0.3, -0.25) is 4.79 Å². The summed E-state index contributed by atoms with van der Waals surface area (Å²) >= 11 is 0. The Kier molecular flexibility index (Phi) is 8.80. The van der Waals surface area contributed by atoms with Crippen molar-refractivity contribution in [1.82, 2.24) is 4.98 Å². The smallest absolute Gasteiger partial charge is 0.337 e. The number of anilines is 1. The number of aromatic nitrogens is 1. The summed E-state index contributed by atoms with van der Waals surface area (Å²) < 4.78 is 17.2. The van der Waals surface area contributed by atoms with Crippen molar-refractivity contribution in [3.63, 3.8) is 0 Å². The number of ether oxygens (including phenoxy) is 3. The summed E-state index contributed by atoms with van der Waals surface area (Å²) in [7, 11) is 1.59. The molecule has 0 saturated heterocycles. The number of carbonyl (C=O) groups is 2. The third-order valence-electron chi connectivity index (χ3n) is 5.24. The van der Waals surface area contributed by atoms with Gasteiger partial charge in [-0.05, 0) is 56.2 Å². The van der Waals surface area contributed by atoms with E-state index in [2.05, 4.69) is 29.4 Å². The first-order valence-electron chi connectivity index (χ1n) is 11.3. The van der Waals surface area contributed by atoms with Gasteiger partial charge in [0.1, 0.15) is 23.4 Å². The number of hydrogen-bond donors (Lipinski definition) is 2. The molecule has 3 aromatic rings. The summed E-state index contributed by atoms with van der Waals surface area (Å²) in [6.07, 6.45) is 1.51. The number of nitrogens with one attached hydrogen (secondary N) is 1. The number of pyridine rings is 1. The standard InChI is InChI=1S/C27H30N2O6/c1-17-7-5-6-8-20(17)11-18(2)34-23-12-22(13-24(14-23)35-19(3)16-33-4)26(30)29-25-10-9-21(15-28-25)27(31)32/h5-10,12-15,18-19H,11,16H2,1-4H3,(H,31,32)(H,28,29,30)/t18-,19-/m0/s1. The Labute approximate surface area is 204 Å². The molecule has 1 heterocycles. The summed E-state index contributed by atoms with van der Waals surface area (Å²) in [5.41, 5.74) is 2.73. The highest BCUT2D eigenvalue weighted by Gasteiger charge is 2.16. The van der Waals surface area contributed by atoms with E-state index in [1.165, 1.54) is 29.5 Å². The molecular weight excluding hydrogens is 448 g/mol. The van der Waals surface area contributed by atoms with Crippen LogP contribution in [0.3, 0.4) is 0 Å². The summed E-state index contributed by atoms with van der Waals surface area (Å²) in [6.45, 7) is 6.29. The van der Waals surface area contributed by atoms with E-state index in [9.17, 15) is 9.59 Å². The van der Waals surface area contributed by atoms with E-state index >= 15 is 0 Å². The molecule has 35 heavy (non-hydrogen) atoms. The van der Waals surface area contributed by atoms with Gasteiger partial charge in [0.2, 0.25) is 0 Å². The number of aromatic carboxylic acids is 1. The van der Waals surface area contributed by atoms with Gasteiger partial charge in [0.25, 0.3) is 5.91 Å². The molecule has 0 spiro atoms. The van der Waals surface area contributed by atoms with E-state index in [4.69, 9.17) is 19.3 Å². The van der Waals surface area contributed by atoms with Crippen LogP contribution in [0.2, 0.25) is 0 Å². The minimum atomic E-state index is -1.09. The summed E-state index contributed by atoms with van der Waals surface area (Å²) in [6, 6.07) is 16.0. The maximum atomic E-state index is 13.0. The third-order valence-corrected chi connectivity index (χ3v) is 5.24. The van der Waals surface area contributed by atoms with Crippen molar-refractivity contribution in [2.75, 3.05) is 19.0 Å². The number of aryl methyl sites for hydroxylation is 1. The normalized spacial score (nSPS) is 12.5. The molecule has 8 heteroatoms. The second-order valence-corrected chi connectivity index (χ2v) is 8.33. The fourth-order valence-corrected chi connectivity index (χ4v) is 3.55. The van der Waals surface area contributed by atoms with Crippen molar-refractivity contribution in [2.45, 2.75) is 39.4 Å². The second-order valence-electron chi connectivity index (χ2n) is 8.33. The molecule has 0 saturated carbocycles. The average Bonchev–Trinajstić information content (AvgIpc) is 2.81. The molecular formula is C27H30N2O6. The van der Waals surface area contributed by atoms with Crippen molar-refractivity contribution in [1.29, 1.82) is 0 Å². The van der Waals surface area contributed by atoms with Crippen LogP contribution in [-0.2, 0) is 11.2 Å². The molecule has 0 bridgehead atoms. The molecule has 0 radical (unpaired) electrons. The Morgan fingerprint density at radius 3 is 2.26 bits per heavy atom. The first-order chi connectivity index (χ1) is 16.7. The van der Waals surface area contributed by atoms with Crippen LogP contribution in [0, 0.1) is 6.92 Å². The Morgan fingerprint density at radius 1 is 0.971 bits per heavy atom. The lowest BCUT2D eigenvalue weighted by Gasteiger charge is -2.19. The van der Waals surface area contributed by atoms with Crippen LogP contribution >= 0.6 is 0 Å². The number of methoxy groups -OCH3 is 1. The molecule has 3 rings (SSSR count). The number of carboxylic acid groups (broad SMARTS) is 1. The van der Waals surface area contributed by atoms with E-state index in [1.54, 1.807) is 25.3 Å². The van der Waals surface area contributed by atoms with Gasteiger partial charge in [0.05, 0.1) is 18.3 Å². The number of rotatable bonds is 11. The summed E-state index contributed by atoms with van der Waals surface area (Å²) in [5, 5.41) is 11.7. The molecule has 0 fully saturated rings. The zero-order valence-electron chi connectivity index (χ0n) is 20.3. The minimum Gasteiger partial charge on any atom is -0.490 e. The van der Waals surface area contributed by atoms with Gasteiger partial charge in [-0.2, -0.15) is 0 Å². The maximum absolute atomic E-state index is 13.0. The number of carbonyl (C=O) groups excluding carboxylic acids is 1. The largest absolute Gasteiger partial charge is 0.490 e. The van der Waals surface area contributed by atoms with Gasteiger partial charge in [-0.1, -0.05) is 24.3 Å². The number of hydrogen-bond acceptors (Lipinski definition) is 6. The number of nitrogens with zero attached hydrogens (tertiary/aromatic N) is 1. The van der Waals surface area contributed by atoms with Gasteiger partial charge in [-0.15, -0.1) is 0 Å². The molecule has 0 unspecified atom stereocenters. The number of amides is 1. The van der Waals surface area contributed by atoms with Crippen LogP contribution in [0.1, 0.15) is 45.7 Å². The SMILES string of the molecule is COC[C@H](C)Oc1cc(O[C@@H](C)Cc2ccccc2C)cc(C(=O)Nc2ccc(C(=O)O)cn2)c1. The molecule has 0 aliphatic carbocycles. The van der Waals surface area contributed by atoms with E-state index in [-0.39, 0.29) is 23.6 Å². The molecule has 184 valence electrons. The molecule has 1 aromatic heterocycles. The van der Waals surface area contributed by atoms with Gasteiger partial charge >= 0.3 is 5.97 Å². The highest BCUT2D eigenvalue weighted by atomic mass is 16.5. The quantitative estimate of drug-likeness (QED) is 0.409. The lowest BCUT2D eigenvalue weighted by Crippen LogP contribution is -2.20. The van der Waals surface area contributed by atoms with E-state index in [1.807, 2.05) is 26.0 Å². The number of benzene rings is 2. The summed E-state index contributed by atoms with van der Waals surface area (Å²) in [4.78, 5) is 28.0. The molecule has 0 aliphatic rings. The highest BCUT2D eigenvalue weighted by molar-refractivity contribution is 6.04. The van der Waals surface area contributed by atoms with Crippen LogP contribution in [0.5, 0.6) is 11.5 Å². The Hall–Kier alpha value is -3.91. The lowest BCUT2D eigenvalue weighted by atomic mass is 10.0. The van der Waals surface area contributed by atoms with E-state index in [0.717, 1.165) is 0 Å². The Balaban J connectivity index is 1.81. The van der Waals surface area contributed by atoms with Crippen molar-refractivity contribution >= 4 is 17.7 Å². The van der Waals surface area contributed by atoms with Crippen molar-refractivity contribution in [2.24, 2.45) is 0 Å². The first-order valence-corrected chi connectivity index (χ1v) is 11.3. The second kappa shape index (κ2) is 12.0. The van der Waals surface area contributed by atoms with Gasteiger partial charge in [0, 0.05) is 31.4 Å². The monoisotopic (exact) mass is 478 g/mol. The molecule has 1 amide bonds. The zero-order chi connectivity index (χ0) is 25.4. The first kappa shape index (κ1) is 25.7. The fraction of sp³-hybridized carbons (Fsp3) is 0.296. The third kappa shape index (κ3) is 7.55. The molecule has 2 aromatic carbocycles. The molecule has 0 aliphatic heterocycles. The van der Waals surface area contributed by atoms with Crippen molar-refractivity contribution < 1.29 is 28.9 Å². The van der Waals surface area contributed by atoms with Crippen LogP contribution in [0.15, 0.2) is 60.8 Å². The van der Waals surface area contributed by atoms with Crippen molar-refractivity contribution in [3.8, 4) is 11.5 Å². The van der Waals surface area contributed by atoms with Crippen LogP contribution in [0.4, 0.5) is 5.82 Å². The van der Waals surface area contributed by atoms with Crippen LogP contribution in [-0.4, -0.2) is 47.9 Å². The fourth-order valence-electron chi connectivity index (χ4n) is 3.55. The van der Waals surface area contributed by atoms with Crippen LogP contribution in [0.25, 0.3) is 0 Å². The topological polar surface area (TPSA) is 107 Å². The predicted octanol–water partition coefficient (Wildman–Crippen LogP) is 4.76. The highest BCUT2D eigenvalue weighted by Crippen LogP contribution is 2.26. The summed E-state index contributed by atoms with van der Waals surface area (Å²) in [5.74, 6) is -0.328. The van der Waals surface area contributed by atoms with Gasteiger partial charge in [-0.25, -0.2) is 9.78 Å². The van der Waals surface area contributed by atoms with Crippen LogP contribution < -0.4 is 14.8 Å². The minimum absolute atomic E-state index is 0.0313. The van der Waals surface area contributed by atoms with Gasteiger partial charge < -0.3 is 24.6 Å². The Morgan fingerprint density at radius 2 is 1.66 bits per heavy atom. The van der Waals surface area contributed by atoms with Gasteiger partial charge in [0.15, 0.2) is 0 Å². The van der Waals surface area contributed by atoms with Crippen molar-refractivity contribution in [3.05, 3.63) is 83.0 Å². The lowest BCUT2D eigenvalue weighted by molar-refractivity contribution is 0.0696. The Bertz CT molecular complexity index is 1160. The average molecular weight is 479 g/mol. The molecule has 8 nitrogen and oxygen atoms in total. The molecule has 2 atom stereocenters. The predicted molar refractivity (Wildman–Crippen MR) is 133 cm³/mol. The van der Waals surface area contributed by atoms with E-state index in [0.29, 0.717) is 30.1 Å². The maximum Gasteiger partial charge on any atom is 0.337 e. The molecule has 2 N–H and O–H groups in total.